The highest BCUT2D eigenvalue weighted by atomic mass is 35.5. The van der Waals surface area contributed by atoms with Crippen molar-refractivity contribution in [3.8, 4) is 0 Å². The summed E-state index contributed by atoms with van der Waals surface area (Å²) in [7, 11) is 0. The van der Waals surface area contributed by atoms with Crippen LogP contribution in [-0.4, -0.2) is 22.3 Å². The van der Waals surface area contributed by atoms with Crippen molar-refractivity contribution in [3.05, 3.63) is 46.3 Å². The predicted molar refractivity (Wildman–Crippen MR) is 92.6 cm³/mol. The lowest BCUT2D eigenvalue weighted by Crippen LogP contribution is -2.16. The van der Waals surface area contributed by atoms with Crippen LogP contribution in [0, 0.1) is 5.92 Å². The maximum atomic E-state index is 13.2. The average Bonchev–Trinajstić information content (AvgIpc) is 3.25. The molecular formula is C18H18ClF3N2O3. The van der Waals surface area contributed by atoms with Crippen LogP contribution in [0.15, 0.2) is 29.0 Å². The summed E-state index contributed by atoms with van der Waals surface area (Å²) in [6.07, 6.45) is -0.769. The van der Waals surface area contributed by atoms with Gasteiger partial charge in [-0.3, -0.25) is 4.79 Å². The molecule has 0 saturated heterocycles. The number of nitrogens with one attached hydrogen (secondary N) is 1. The number of rotatable bonds is 5. The van der Waals surface area contributed by atoms with Gasteiger partial charge in [-0.1, -0.05) is 16.8 Å². The number of halogens is 4. The lowest BCUT2D eigenvalue weighted by atomic mass is 9.95. The SMILES string of the molecule is O=C(Nc1ccc(C(F)(F)F)c(Cl)c1CC[C@@H]1CC[C@@H](O)C1)c1ccon1. The van der Waals surface area contributed by atoms with Gasteiger partial charge in [-0.05, 0) is 55.7 Å². The van der Waals surface area contributed by atoms with E-state index in [1.807, 2.05) is 0 Å². The van der Waals surface area contributed by atoms with E-state index in [2.05, 4.69) is 15.0 Å². The van der Waals surface area contributed by atoms with Gasteiger partial charge in [-0.25, -0.2) is 0 Å². The molecule has 1 saturated carbocycles. The first-order valence-electron chi connectivity index (χ1n) is 8.54. The standard InChI is InChI=1S/C18H18ClF3N2O3/c19-16-12(4-2-10-1-3-11(25)9-10)14(6-5-13(16)18(20,21)22)23-17(26)15-7-8-27-24-15/h5-8,10-11,25H,1-4,9H2,(H,23,26)/t10-,11+/m0/s1. The fourth-order valence-corrected chi connectivity index (χ4v) is 3.74. The van der Waals surface area contributed by atoms with E-state index in [4.69, 9.17) is 11.6 Å². The molecule has 0 radical (unpaired) electrons. The zero-order valence-corrected chi connectivity index (χ0v) is 15.0. The Morgan fingerprint density at radius 3 is 2.70 bits per heavy atom. The molecule has 1 aliphatic carbocycles. The van der Waals surface area contributed by atoms with E-state index in [-0.39, 0.29) is 35.4 Å². The molecule has 1 aliphatic rings. The van der Waals surface area contributed by atoms with E-state index >= 15 is 0 Å². The van der Waals surface area contributed by atoms with Gasteiger partial charge in [0.2, 0.25) is 0 Å². The molecule has 3 rings (SSSR count). The van der Waals surface area contributed by atoms with Crippen LogP contribution >= 0.6 is 11.6 Å². The highest BCUT2D eigenvalue weighted by molar-refractivity contribution is 6.32. The Morgan fingerprint density at radius 2 is 2.11 bits per heavy atom. The first kappa shape index (κ1) is 19.7. The van der Waals surface area contributed by atoms with Crippen LogP contribution in [-0.2, 0) is 12.6 Å². The lowest BCUT2D eigenvalue weighted by Gasteiger charge is -2.18. The van der Waals surface area contributed by atoms with Gasteiger partial charge in [0.05, 0.1) is 16.7 Å². The Kier molecular flexibility index (Phi) is 5.76. The summed E-state index contributed by atoms with van der Waals surface area (Å²) < 4.78 is 44.2. The van der Waals surface area contributed by atoms with Crippen molar-refractivity contribution in [1.82, 2.24) is 5.16 Å². The van der Waals surface area contributed by atoms with E-state index in [0.717, 1.165) is 12.5 Å². The van der Waals surface area contributed by atoms with E-state index in [1.54, 1.807) is 0 Å². The molecule has 1 amide bonds. The van der Waals surface area contributed by atoms with E-state index < -0.39 is 22.7 Å². The molecule has 27 heavy (non-hydrogen) atoms. The van der Waals surface area contributed by atoms with Gasteiger partial charge < -0.3 is 14.9 Å². The average molecular weight is 403 g/mol. The van der Waals surface area contributed by atoms with Gasteiger partial charge in [0.25, 0.3) is 5.91 Å². The molecule has 146 valence electrons. The summed E-state index contributed by atoms with van der Waals surface area (Å²) in [6, 6.07) is 3.40. The van der Waals surface area contributed by atoms with Crippen molar-refractivity contribution < 1.29 is 27.6 Å². The van der Waals surface area contributed by atoms with Crippen LogP contribution in [0.5, 0.6) is 0 Å². The van der Waals surface area contributed by atoms with Crippen LogP contribution in [0.2, 0.25) is 5.02 Å². The number of hydrogen-bond donors (Lipinski definition) is 2. The van der Waals surface area contributed by atoms with Crippen molar-refractivity contribution in [2.75, 3.05) is 5.32 Å². The van der Waals surface area contributed by atoms with Gasteiger partial charge in [-0.15, -0.1) is 0 Å². The number of alkyl halides is 3. The molecule has 2 aromatic rings. The van der Waals surface area contributed by atoms with Crippen LogP contribution in [0.4, 0.5) is 18.9 Å². The Bertz CT molecular complexity index is 809. The van der Waals surface area contributed by atoms with Gasteiger partial charge >= 0.3 is 6.18 Å². The summed E-state index contributed by atoms with van der Waals surface area (Å²) >= 11 is 6.07. The number of aliphatic hydroxyl groups is 1. The summed E-state index contributed by atoms with van der Waals surface area (Å²) in [5.74, 6) is -0.387. The minimum atomic E-state index is -4.59. The highest BCUT2D eigenvalue weighted by Crippen LogP contribution is 2.40. The molecular weight excluding hydrogens is 385 g/mol. The van der Waals surface area contributed by atoms with E-state index in [0.29, 0.717) is 19.3 Å². The minimum absolute atomic E-state index is 0.0101. The second-order valence-electron chi connectivity index (χ2n) is 6.66. The maximum absolute atomic E-state index is 13.2. The summed E-state index contributed by atoms with van der Waals surface area (Å²) in [5.41, 5.74) is -0.495. The summed E-state index contributed by atoms with van der Waals surface area (Å²) in [5, 5.41) is 15.3. The molecule has 1 aromatic carbocycles. The number of carbonyl (C=O) groups is 1. The molecule has 9 heteroatoms. The third-order valence-corrected chi connectivity index (χ3v) is 5.22. The highest BCUT2D eigenvalue weighted by Gasteiger charge is 2.35. The first-order valence-corrected chi connectivity index (χ1v) is 8.92. The Hall–Kier alpha value is -2.06. The number of benzene rings is 1. The number of carbonyl (C=O) groups excluding carboxylic acids is 1. The molecule has 0 spiro atoms. The van der Waals surface area contributed by atoms with Crippen LogP contribution in [0.3, 0.4) is 0 Å². The Morgan fingerprint density at radius 1 is 1.33 bits per heavy atom. The molecule has 5 nitrogen and oxygen atoms in total. The first-order chi connectivity index (χ1) is 12.8. The lowest BCUT2D eigenvalue weighted by molar-refractivity contribution is -0.137. The summed E-state index contributed by atoms with van der Waals surface area (Å²) in [4.78, 5) is 12.2. The van der Waals surface area contributed by atoms with Crippen LogP contribution < -0.4 is 5.32 Å². The van der Waals surface area contributed by atoms with E-state index in [1.165, 1.54) is 18.4 Å². The molecule has 2 N–H and O–H groups in total. The fraction of sp³-hybridized carbons (Fsp3) is 0.444. The second-order valence-corrected chi connectivity index (χ2v) is 7.04. The van der Waals surface area contributed by atoms with Gasteiger partial charge in [0.1, 0.15) is 6.26 Å². The second kappa shape index (κ2) is 7.90. The summed E-state index contributed by atoms with van der Waals surface area (Å²) in [6.45, 7) is 0. The van der Waals surface area contributed by atoms with Crippen LogP contribution in [0.25, 0.3) is 0 Å². The number of amides is 1. The van der Waals surface area contributed by atoms with Crippen LogP contribution in [0.1, 0.15) is 47.3 Å². The smallest absolute Gasteiger partial charge is 0.393 e. The van der Waals surface area contributed by atoms with Crippen molar-refractivity contribution in [2.45, 2.75) is 44.4 Å². The molecule has 2 atom stereocenters. The van der Waals surface area contributed by atoms with Crippen molar-refractivity contribution in [2.24, 2.45) is 5.92 Å². The number of aromatic nitrogens is 1. The van der Waals surface area contributed by atoms with Gasteiger partial charge in [0, 0.05) is 11.8 Å². The molecule has 1 fully saturated rings. The van der Waals surface area contributed by atoms with Crippen molar-refractivity contribution in [3.63, 3.8) is 0 Å². The maximum Gasteiger partial charge on any atom is 0.417 e. The fourth-order valence-electron chi connectivity index (χ4n) is 3.38. The molecule has 0 unspecified atom stereocenters. The van der Waals surface area contributed by atoms with Crippen molar-refractivity contribution in [1.29, 1.82) is 0 Å². The third-order valence-electron chi connectivity index (χ3n) is 4.78. The number of nitrogens with zero attached hydrogens (tertiary/aromatic N) is 1. The number of hydrogen-bond acceptors (Lipinski definition) is 4. The van der Waals surface area contributed by atoms with Gasteiger partial charge in [-0.2, -0.15) is 13.2 Å². The molecule has 0 bridgehead atoms. The third kappa shape index (κ3) is 4.62. The molecule has 1 aromatic heterocycles. The zero-order chi connectivity index (χ0) is 19.6. The van der Waals surface area contributed by atoms with Gasteiger partial charge in [0.15, 0.2) is 5.69 Å². The zero-order valence-electron chi connectivity index (χ0n) is 14.2. The normalized spacial score (nSPS) is 20.0. The monoisotopic (exact) mass is 402 g/mol. The van der Waals surface area contributed by atoms with E-state index in [9.17, 15) is 23.1 Å². The molecule has 0 aliphatic heterocycles. The largest absolute Gasteiger partial charge is 0.417 e. The van der Waals surface area contributed by atoms with Crippen molar-refractivity contribution >= 4 is 23.2 Å². The Balaban J connectivity index is 1.86. The minimum Gasteiger partial charge on any atom is -0.393 e. The predicted octanol–water partition coefficient (Wildman–Crippen LogP) is 4.69. The molecule has 1 heterocycles. The topological polar surface area (TPSA) is 75.4 Å². The Labute approximate surface area is 158 Å². The quantitative estimate of drug-likeness (QED) is 0.760. The number of aliphatic hydroxyl groups excluding tert-OH is 1. The number of anilines is 1.